The Labute approximate surface area is 118 Å². The van der Waals surface area contributed by atoms with Gasteiger partial charge in [-0.25, -0.2) is 4.79 Å². The zero-order valence-electron chi connectivity index (χ0n) is 11.6. The minimum Gasteiger partial charge on any atom is -0.480 e. The lowest BCUT2D eigenvalue weighted by molar-refractivity contribution is -0.138. The van der Waals surface area contributed by atoms with Gasteiger partial charge < -0.3 is 15.3 Å². The molecule has 0 aromatic rings. The summed E-state index contributed by atoms with van der Waals surface area (Å²) >= 11 is 1.81. The summed E-state index contributed by atoms with van der Waals surface area (Å²) in [5, 5.41) is 11.7. The maximum atomic E-state index is 12.0. The molecule has 0 spiro atoms. The molecule has 1 unspecified atom stereocenters. The highest BCUT2D eigenvalue weighted by atomic mass is 32.2. The van der Waals surface area contributed by atoms with Crippen LogP contribution in [0.15, 0.2) is 0 Å². The number of carbonyl (C=O) groups excluding carboxylic acids is 1. The van der Waals surface area contributed by atoms with Crippen LogP contribution in [0.4, 0.5) is 4.79 Å². The van der Waals surface area contributed by atoms with Crippen LogP contribution in [0.25, 0.3) is 0 Å². The van der Waals surface area contributed by atoms with Crippen LogP contribution >= 0.6 is 11.8 Å². The van der Waals surface area contributed by atoms with Gasteiger partial charge in [0.25, 0.3) is 0 Å². The zero-order valence-corrected chi connectivity index (χ0v) is 12.4. The number of thioether (sulfide) groups is 1. The molecule has 1 fully saturated rings. The third kappa shape index (κ3) is 6.15. The van der Waals surface area contributed by atoms with Crippen LogP contribution in [0, 0.1) is 0 Å². The average Bonchev–Trinajstić information content (AvgIpc) is 2.36. The molecule has 2 amide bonds. The first kappa shape index (κ1) is 16.1. The fourth-order valence-corrected chi connectivity index (χ4v) is 2.61. The number of carboxylic acid groups (broad SMARTS) is 1. The summed E-state index contributed by atoms with van der Waals surface area (Å²) in [6.07, 6.45) is 0. The second kappa shape index (κ2) is 8.27. The summed E-state index contributed by atoms with van der Waals surface area (Å²) in [6, 6.07) is 0.119. The van der Waals surface area contributed by atoms with Gasteiger partial charge in [0.1, 0.15) is 0 Å². The van der Waals surface area contributed by atoms with Crippen molar-refractivity contribution < 1.29 is 14.7 Å². The van der Waals surface area contributed by atoms with Crippen LogP contribution in [0.1, 0.15) is 13.8 Å². The van der Waals surface area contributed by atoms with Gasteiger partial charge in [0.05, 0.1) is 6.54 Å². The third-order valence-corrected chi connectivity index (χ3v) is 4.10. The first-order valence-electron chi connectivity index (χ1n) is 6.60. The fraction of sp³-hybridized carbons (Fsp3) is 0.833. The van der Waals surface area contributed by atoms with E-state index in [1.807, 2.05) is 11.8 Å². The Balaban J connectivity index is 2.26. The number of amides is 2. The number of hydrogen-bond donors (Lipinski definition) is 2. The number of piperazine rings is 1. The summed E-state index contributed by atoms with van der Waals surface area (Å²) in [6.45, 7) is 6.58. The van der Waals surface area contributed by atoms with Crippen LogP contribution in [0.5, 0.6) is 0 Å². The first-order chi connectivity index (χ1) is 9.02. The van der Waals surface area contributed by atoms with E-state index in [1.165, 1.54) is 0 Å². The standard InChI is InChI=1S/C12H23N3O3S/c1-3-19-9-10(2)13-12(18)15-6-4-14(5-7-15)8-11(16)17/h10H,3-9H2,1-2H3,(H,13,18)(H,16,17). The summed E-state index contributed by atoms with van der Waals surface area (Å²) in [5.74, 6) is 1.15. The largest absolute Gasteiger partial charge is 0.480 e. The molecule has 1 heterocycles. The van der Waals surface area contributed by atoms with Crippen molar-refractivity contribution in [3.63, 3.8) is 0 Å². The monoisotopic (exact) mass is 289 g/mol. The molecule has 7 heteroatoms. The molecule has 110 valence electrons. The van der Waals surface area contributed by atoms with Crippen molar-refractivity contribution >= 4 is 23.8 Å². The number of urea groups is 1. The van der Waals surface area contributed by atoms with Crippen LogP contribution < -0.4 is 5.32 Å². The smallest absolute Gasteiger partial charge is 0.317 e. The summed E-state index contributed by atoms with van der Waals surface area (Å²) in [7, 11) is 0. The van der Waals surface area contributed by atoms with Crippen molar-refractivity contribution in [2.45, 2.75) is 19.9 Å². The molecule has 0 radical (unpaired) electrons. The first-order valence-corrected chi connectivity index (χ1v) is 7.75. The lowest BCUT2D eigenvalue weighted by Crippen LogP contribution is -2.54. The molecule has 2 N–H and O–H groups in total. The number of aliphatic carboxylic acids is 1. The van der Waals surface area contributed by atoms with Crippen molar-refractivity contribution in [3.8, 4) is 0 Å². The van der Waals surface area contributed by atoms with E-state index in [1.54, 1.807) is 16.7 Å². The predicted octanol–water partition coefficient (Wildman–Crippen LogP) is 0.540. The third-order valence-electron chi connectivity index (χ3n) is 2.96. The molecule has 6 nitrogen and oxygen atoms in total. The van der Waals surface area contributed by atoms with Gasteiger partial charge in [-0.1, -0.05) is 6.92 Å². The molecule has 1 atom stereocenters. The van der Waals surface area contributed by atoms with Crippen molar-refractivity contribution in [2.24, 2.45) is 0 Å². The van der Waals surface area contributed by atoms with Crippen LogP contribution in [0.2, 0.25) is 0 Å². The van der Waals surface area contributed by atoms with E-state index >= 15 is 0 Å². The molecule has 0 saturated carbocycles. The van der Waals surface area contributed by atoms with Gasteiger partial charge in [-0.2, -0.15) is 11.8 Å². The minimum absolute atomic E-state index is 0.0424. The Kier molecular flexibility index (Phi) is 7.01. The summed E-state index contributed by atoms with van der Waals surface area (Å²) in [5.41, 5.74) is 0. The predicted molar refractivity (Wildman–Crippen MR) is 76.6 cm³/mol. The van der Waals surface area contributed by atoms with E-state index < -0.39 is 5.97 Å². The van der Waals surface area contributed by atoms with Crippen molar-refractivity contribution in [1.29, 1.82) is 0 Å². The number of hydrogen-bond acceptors (Lipinski definition) is 4. The summed E-state index contributed by atoms with van der Waals surface area (Å²) < 4.78 is 0. The van der Waals surface area contributed by atoms with Gasteiger partial charge in [0.2, 0.25) is 0 Å². The molecule has 0 aromatic heterocycles. The number of carbonyl (C=O) groups is 2. The minimum atomic E-state index is -0.817. The van der Waals surface area contributed by atoms with Crippen LogP contribution in [-0.4, -0.2) is 77.2 Å². The maximum Gasteiger partial charge on any atom is 0.317 e. The molecule has 1 aliphatic heterocycles. The molecule has 0 aliphatic carbocycles. The highest BCUT2D eigenvalue weighted by Gasteiger charge is 2.22. The van der Waals surface area contributed by atoms with E-state index in [0.717, 1.165) is 11.5 Å². The van der Waals surface area contributed by atoms with E-state index in [0.29, 0.717) is 26.2 Å². The molecule has 19 heavy (non-hydrogen) atoms. The molecule has 0 aromatic carbocycles. The average molecular weight is 289 g/mol. The number of nitrogens with one attached hydrogen (secondary N) is 1. The second-order valence-electron chi connectivity index (χ2n) is 4.67. The van der Waals surface area contributed by atoms with E-state index in [4.69, 9.17) is 5.11 Å². The van der Waals surface area contributed by atoms with E-state index in [9.17, 15) is 9.59 Å². The maximum absolute atomic E-state index is 12.0. The SMILES string of the molecule is CCSCC(C)NC(=O)N1CCN(CC(=O)O)CC1. The number of nitrogens with zero attached hydrogens (tertiary/aromatic N) is 2. The van der Waals surface area contributed by atoms with Crippen LogP contribution in [-0.2, 0) is 4.79 Å². The molecular formula is C12H23N3O3S. The van der Waals surface area contributed by atoms with Gasteiger partial charge in [-0.05, 0) is 12.7 Å². The Morgan fingerprint density at radius 3 is 2.47 bits per heavy atom. The molecule has 1 saturated heterocycles. The highest BCUT2D eigenvalue weighted by molar-refractivity contribution is 7.99. The van der Waals surface area contributed by atoms with E-state index in [-0.39, 0.29) is 18.6 Å². The lowest BCUT2D eigenvalue weighted by atomic mass is 10.3. The van der Waals surface area contributed by atoms with Gasteiger partial charge >= 0.3 is 12.0 Å². The fourth-order valence-electron chi connectivity index (χ4n) is 1.94. The summed E-state index contributed by atoms with van der Waals surface area (Å²) in [4.78, 5) is 26.2. The van der Waals surface area contributed by atoms with Crippen molar-refractivity contribution in [1.82, 2.24) is 15.1 Å². The van der Waals surface area contributed by atoms with Gasteiger partial charge in [0, 0.05) is 38.0 Å². The van der Waals surface area contributed by atoms with Gasteiger partial charge in [-0.3, -0.25) is 9.69 Å². The molecule has 0 bridgehead atoms. The Hall–Kier alpha value is -0.950. The zero-order chi connectivity index (χ0) is 14.3. The molecular weight excluding hydrogens is 266 g/mol. The quantitative estimate of drug-likeness (QED) is 0.746. The molecule has 1 rings (SSSR count). The van der Waals surface area contributed by atoms with Crippen molar-refractivity contribution in [3.05, 3.63) is 0 Å². The molecule has 1 aliphatic rings. The number of rotatable bonds is 6. The van der Waals surface area contributed by atoms with Crippen LogP contribution in [0.3, 0.4) is 0 Å². The highest BCUT2D eigenvalue weighted by Crippen LogP contribution is 2.04. The topological polar surface area (TPSA) is 72.9 Å². The Morgan fingerprint density at radius 2 is 1.95 bits per heavy atom. The number of carboxylic acids is 1. The Morgan fingerprint density at radius 1 is 1.32 bits per heavy atom. The second-order valence-corrected chi connectivity index (χ2v) is 5.99. The van der Waals surface area contributed by atoms with Gasteiger partial charge in [0.15, 0.2) is 0 Å². The van der Waals surface area contributed by atoms with E-state index in [2.05, 4.69) is 12.2 Å². The van der Waals surface area contributed by atoms with Gasteiger partial charge in [-0.15, -0.1) is 0 Å². The van der Waals surface area contributed by atoms with Crippen molar-refractivity contribution in [2.75, 3.05) is 44.2 Å². The normalized spacial score (nSPS) is 18.1. The Bertz CT molecular complexity index is 307. The lowest BCUT2D eigenvalue weighted by Gasteiger charge is -2.34.